The molecule has 2 fully saturated rings. The lowest BCUT2D eigenvalue weighted by Crippen LogP contribution is -2.48. The van der Waals surface area contributed by atoms with Crippen LogP contribution in [0.4, 0.5) is 0 Å². The summed E-state index contributed by atoms with van der Waals surface area (Å²) in [4.78, 5) is 19.0. The molecule has 2 aromatic rings. The van der Waals surface area contributed by atoms with Gasteiger partial charge in [-0.25, -0.2) is 0 Å². The maximum Gasteiger partial charge on any atom is 0.289 e. The molecule has 134 valence electrons. The zero-order valence-corrected chi connectivity index (χ0v) is 15.4. The van der Waals surface area contributed by atoms with Gasteiger partial charge in [0.15, 0.2) is 5.76 Å². The molecule has 1 saturated carbocycles. The van der Waals surface area contributed by atoms with E-state index in [1.165, 1.54) is 17.7 Å². The molecule has 0 unspecified atom stereocenters. The molecule has 0 aromatic carbocycles. The SMILES string of the molecule is O=C(c1ccco1)N(CC1CC1)C1CCN(CCc2cccs2)CC1. The van der Waals surface area contributed by atoms with Gasteiger partial charge in [0.2, 0.25) is 0 Å². The molecule has 3 heterocycles. The van der Waals surface area contributed by atoms with Crippen LogP contribution in [-0.2, 0) is 6.42 Å². The van der Waals surface area contributed by atoms with Gasteiger partial charge in [-0.15, -0.1) is 11.3 Å². The molecule has 0 atom stereocenters. The first-order valence-corrected chi connectivity index (χ1v) is 10.3. The van der Waals surface area contributed by atoms with E-state index in [0.717, 1.165) is 45.4 Å². The minimum Gasteiger partial charge on any atom is -0.459 e. The number of rotatable bonds is 7. The van der Waals surface area contributed by atoms with Crippen LogP contribution in [0.5, 0.6) is 0 Å². The Kier molecular flexibility index (Phi) is 5.22. The van der Waals surface area contributed by atoms with Gasteiger partial charge >= 0.3 is 0 Å². The van der Waals surface area contributed by atoms with Crippen molar-refractivity contribution in [3.05, 3.63) is 46.5 Å². The van der Waals surface area contributed by atoms with E-state index in [9.17, 15) is 4.79 Å². The molecular formula is C20H26N2O2S. The van der Waals surface area contributed by atoms with Crippen molar-refractivity contribution in [3.63, 3.8) is 0 Å². The zero-order chi connectivity index (χ0) is 17.1. The second-order valence-electron chi connectivity index (χ2n) is 7.28. The predicted molar refractivity (Wildman–Crippen MR) is 100.0 cm³/mol. The molecule has 1 aliphatic carbocycles. The first-order valence-electron chi connectivity index (χ1n) is 9.39. The topological polar surface area (TPSA) is 36.7 Å². The van der Waals surface area contributed by atoms with Crippen molar-refractivity contribution in [3.8, 4) is 0 Å². The van der Waals surface area contributed by atoms with Crippen LogP contribution in [-0.4, -0.2) is 47.9 Å². The summed E-state index contributed by atoms with van der Waals surface area (Å²) in [6, 6.07) is 8.30. The first-order chi connectivity index (χ1) is 12.3. The van der Waals surface area contributed by atoms with Gasteiger partial charge in [-0.3, -0.25) is 4.79 Å². The summed E-state index contributed by atoms with van der Waals surface area (Å²) in [5.41, 5.74) is 0. The number of nitrogens with zero attached hydrogens (tertiary/aromatic N) is 2. The van der Waals surface area contributed by atoms with Crippen LogP contribution in [0, 0.1) is 5.92 Å². The molecule has 1 amide bonds. The minimum atomic E-state index is 0.0777. The highest BCUT2D eigenvalue weighted by atomic mass is 32.1. The number of carbonyl (C=O) groups excluding carboxylic acids is 1. The van der Waals surface area contributed by atoms with Crippen molar-refractivity contribution < 1.29 is 9.21 Å². The molecule has 0 spiro atoms. The minimum absolute atomic E-state index is 0.0777. The summed E-state index contributed by atoms with van der Waals surface area (Å²) in [5, 5.41) is 2.15. The van der Waals surface area contributed by atoms with Crippen LogP contribution >= 0.6 is 11.3 Å². The molecular weight excluding hydrogens is 332 g/mol. The lowest BCUT2D eigenvalue weighted by atomic mass is 10.0. The average molecular weight is 359 g/mol. The fraction of sp³-hybridized carbons (Fsp3) is 0.550. The van der Waals surface area contributed by atoms with E-state index >= 15 is 0 Å². The summed E-state index contributed by atoms with van der Waals surface area (Å²) in [7, 11) is 0. The number of amides is 1. The molecule has 0 N–H and O–H groups in total. The van der Waals surface area contributed by atoms with Crippen molar-refractivity contribution in [2.24, 2.45) is 5.92 Å². The third-order valence-corrected chi connectivity index (χ3v) is 6.33. The van der Waals surface area contributed by atoms with E-state index in [2.05, 4.69) is 27.3 Å². The third kappa shape index (κ3) is 4.33. The van der Waals surface area contributed by atoms with Crippen LogP contribution in [0.2, 0.25) is 0 Å². The van der Waals surface area contributed by atoms with E-state index in [-0.39, 0.29) is 5.91 Å². The second kappa shape index (κ2) is 7.75. The van der Waals surface area contributed by atoms with Crippen LogP contribution < -0.4 is 0 Å². The quantitative estimate of drug-likeness (QED) is 0.753. The zero-order valence-electron chi connectivity index (χ0n) is 14.6. The molecule has 0 radical (unpaired) electrons. The number of carbonyl (C=O) groups is 1. The third-order valence-electron chi connectivity index (χ3n) is 5.40. The Balaban J connectivity index is 1.32. The summed E-state index contributed by atoms with van der Waals surface area (Å²) in [6.45, 7) is 4.20. The van der Waals surface area contributed by atoms with E-state index in [0.29, 0.717) is 17.7 Å². The van der Waals surface area contributed by atoms with Crippen molar-refractivity contribution in [2.45, 2.75) is 38.1 Å². The Morgan fingerprint density at radius 3 is 2.68 bits per heavy atom. The maximum atomic E-state index is 12.9. The van der Waals surface area contributed by atoms with Gasteiger partial charge in [-0.2, -0.15) is 0 Å². The van der Waals surface area contributed by atoms with E-state index in [4.69, 9.17) is 4.42 Å². The number of piperidine rings is 1. The predicted octanol–water partition coefficient (Wildman–Crippen LogP) is 3.90. The lowest BCUT2D eigenvalue weighted by molar-refractivity contribution is 0.0529. The molecule has 1 aliphatic heterocycles. The van der Waals surface area contributed by atoms with Crippen LogP contribution in [0.1, 0.15) is 41.1 Å². The summed E-state index contributed by atoms with van der Waals surface area (Å²) in [6.07, 6.45) is 7.41. The van der Waals surface area contributed by atoms with Crippen molar-refractivity contribution in [2.75, 3.05) is 26.2 Å². The number of hydrogen-bond donors (Lipinski definition) is 0. The Bertz CT molecular complexity index is 656. The van der Waals surface area contributed by atoms with Crippen molar-refractivity contribution >= 4 is 17.2 Å². The van der Waals surface area contributed by atoms with Crippen LogP contribution in [0.25, 0.3) is 0 Å². The Labute approximate surface area is 153 Å². The first kappa shape index (κ1) is 16.9. The van der Waals surface area contributed by atoms with E-state index < -0.39 is 0 Å². The van der Waals surface area contributed by atoms with Gasteiger partial charge in [-0.1, -0.05) is 6.07 Å². The van der Waals surface area contributed by atoms with Gasteiger partial charge in [0.05, 0.1) is 6.26 Å². The molecule has 4 rings (SSSR count). The molecule has 25 heavy (non-hydrogen) atoms. The van der Waals surface area contributed by atoms with Gasteiger partial charge in [0.1, 0.15) is 0 Å². The fourth-order valence-electron chi connectivity index (χ4n) is 3.70. The monoisotopic (exact) mass is 358 g/mol. The highest BCUT2D eigenvalue weighted by Crippen LogP contribution is 2.32. The van der Waals surface area contributed by atoms with E-state index in [1.807, 2.05) is 11.3 Å². The summed E-state index contributed by atoms with van der Waals surface area (Å²) < 4.78 is 5.37. The van der Waals surface area contributed by atoms with Crippen LogP contribution in [0.15, 0.2) is 40.3 Å². The van der Waals surface area contributed by atoms with E-state index in [1.54, 1.807) is 18.4 Å². The summed E-state index contributed by atoms with van der Waals surface area (Å²) >= 11 is 1.84. The van der Waals surface area contributed by atoms with Crippen molar-refractivity contribution in [1.29, 1.82) is 0 Å². The molecule has 0 bridgehead atoms. The maximum absolute atomic E-state index is 12.9. The molecule has 1 saturated heterocycles. The Morgan fingerprint density at radius 1 is 1.20 bits per heavy atom. The summed E-state index contributed by atoms with van der Waals surface area (Å²) in [5.74, 6) is 1.27. The average Bonchev–Trinajstić information content (AvgIpc) is 3.10. The highest BCUT2D eigenvalue weighted by molar-refractivity contribution is 7.09. The normalized spacial score (nSPS) is 19.2. The lowest BCUT2D eigenvalue weighted by Gasteiger charge is -2.38. The molecule has 2 aliphatic rings. The van der Waals surface area contributed by atoms with Gasteiger partial charge < -0.3 is 14.2 Å². The Hall–Kier alpha value is -1.59. The highest BCUT2D eigenvalue weighted by Gasteiger charge is 2.34. The van der Waals surface area contributed by atoms with Crippen LogP contribution in [0.3, 0.4) is 0 Å². The smallest absolute Gasteiger partial charge is 0.289 e. The molecule has 4 nitrogen and oxygen atoms in total. The molecule has 5 heteroatoms. The van der Waals surface area contributed by atoms with Gasteiger partial charge in [0.25, 0.3) is 5.91 Å². The number of thiophene rings is 1. The van der Waals surface area contributed by atoms with Crippen molar-refractivity contribution in [1.82, 2.24) is 9.80 Å². The Morgan fingerprint density at radius 2 is 2.04 bits per heavy atom. The number of likely N-dealkylation sites (tertiary alicyclic amines) is 1. The number of furan rings is 1. The second-order valence-corrected chi connectivity index (χ2v) is 8.31. The van der Waals surface area contributed by atoms with Gasteiger partial charge in [-0.05, 0) is 61.6 Å². The largest absolute Gasteiger partial charge is 0.459 e. The molecule has 2 aromatic heterocycles. The van der Waals surface area contributed by atoms with Gasteiger partial charge in [0, 0.05) is 37.1 Å². The standard InChI is InChI=1S/C20H26N2O2S/c23-20(19-4-1-13-24-19)22(15-16-5-6-16)17-7-10-21(11-8-17)12-9-18-3-2-14-25-18/h1-4,13-14,16-17H,5-12,15H2. The number of hydrogen-bond acceptors (Lipinski definition) is 4. The fourth-order valence-corrected chi connectivity index (χ4v) is 4.39.